The van der Waals surface area contributed by atoms with Gasteiger partial charge < -0.3 is 16.0 Å². The molecule has 0 unspecified atom stereocenters. The third kappa shape index (κ3) is 3.19. The molecule has 0 atom stereocenters. The molecule has 0 radical (unpaired) electrons. The number of nitrogens with zero attached hydrogens (tertiary/aromatic N) is 3. The van der Waals surface area contributed by atoms with Crippen molar-refractivity contribution < 1.29 is 0 Å². The quantitative estimate of drug-likeness (QED) is 0.850. The van der Waals surface area contributed by atoms with E-state index in [4.69, 9.17) is 17.3 Å². The highest BCUT2D eigenvalue weighted by Gasteiger charge is 2.11. The van der Waals surface area contributed by atoms with E-state index < -0.39 is 0 Å². The summed E-state index contributed by atoms with van der Waals surface area (Å²) in [4.78, 5) is 10.4. The lowest BCUT2D eigenvalue weighted by molar-refractivity contribution is 0.578. The molecular weight excluding hydrogens is 286 g/mol. The minimum atomic E-state index is 0.262. The number of anilines is 4. The van der Waals surface area contributed by atoms with Gasteiger partial charge in [-0.05, 0) is 43.5 Å². The van der Waals surface area contributed by atoms with E-state index in [2.05, 4.69) is 32.3 Å². The predicted octanol–water partition coefficient (Wildman–Crippen LogP) is 3.45. The van der Waals surface area contributed by atoms with Crippen LogP contribution in [0.4, 0.5) is 22.9 Å². The van der Waals surface area contributed by atoms with Crippen LogP contribution in [0.2, 0.25) is 5.15 Å². The van der Waals surface area contributed by atoms with Crippen LogP contribution in [0.3, 0.4) is 0 Å². The molecule has 1 aliphatic heterocycles. The first-order valence-corrected chi connectivity index (χ1v) is 7.50. The highest BCUT2D eigenvalue weighted by molar-refractivity contribution is 6.32. The fraction of sp³-hybridized carbons (Fsp3) is 0.333. The molecule has 0 bridgehead atoms. The van der Waals surface area contributed by atoms with Crippen LogP contribution in [0.5, 0.6) is 0 Å². The highest BCUT2D eigenvalue weighted by atomic mass is 35.5. The van der Waals surface area contributed by atoms with Crippen molar-refractivity contribution in [2.24, 2.45) is 0 Å². The molecule has 1 aromatic carbocycles. The van der Waals surface area contributed by atoms with E-state index in [-0.39, 0.29) is 5.15 Å². The van der Waals surface area contributed by atoms with Crippen molar-refractivity contribution in [2.75, 3.05) is 29.0 Å². The summed E-state index contributed by atoms with van der Waals surface area (Å²) < 4.78 is 0. The van der Waals surface area contributed by atoms with Crippen molar-refractivity contribution in [3.63, 3.8) is 0 Å². The second kappa shape index (κ2) is 6.18. The Balaban J connectivity index is 1.73. The minimum Gasteiger partial charge on any atom is -0.393 e. The Morgan fingerprint density at radius 1 is 1.05 bits per heavy atom. The molecule has 3 N–H and O–H groups in total. The standard InChI is InChI=1S/C15H18ClN5/c16-14-13(17)15(19-10-18-14)20-11-4-6-12(7-5-11)21-8-2-1-3-9-21/h4-7,10H,1-3,8-9,17H2,(H,18,19,20). The summed E-state index contributed by atoms with van der Waals surface area (Å²) in [6, 6.07) is 8.29. The zero-order valence-electron chi connectivity index (χ0n) is 11.7. The third-order valence-corrected chi connectivity index (χ3v) is 3.99. The van der Waals surface area contributed by atoms with Gasteiger partial charge in [0, 0.05) is 24.5 Å². The number of nitrogen functional groups attached to an aromatic ring is 1. The Morgan fingerprint density at radius 2 is 1.76 bits per heavy atom. The molecule has 6 heteroatoms. The van der Waals surface area contributed by atoms with Crippen molar-refractivity contribution in [3.8, 4) is 0 Å². The number of piperidine rings is 1. The number of nitrogens with two attached hydrogens (primary N) is 1. The summed E-state index contributed by atoms with van der Waals surface area (Å²) in [7, 11) is 0. The largest absolute Gasteiger partial charge is 0.393 e. The number of benzene rings is 1. The van der Waals surface area contributed by atoms with Gasteiger partial charge in [0.05, 0.1) is 0 Å². The number of aromatic nitrogens is 2. The van der Waals surface area contributed by atoms with E-state index in [1.165, 1.54) is 31.3 Å². The van der Waals surface area contributed by atoms with Crippen LogP contribution in [0.15, 0.2) is 30.6 Å². The lowest BCUT2D eigenvalue weighted by Gasteiger charge is -2.28. The van der Waals surface area contributed by atoms with Crippen molar-refractivity contribution in [2.45, 2.75) is 19.3 Å². The summed E-state index contributed by atoms with van der Waals surface area (Å²) in [5, 5.41) is 3.43. The molecular formula is C15H18ClN5. The van der Waals surface area contributed by atoms with Crippen LogP contribution in [0.1, 0.15) is 19.3 Å². The molecule has 0 spiro atoms. The zero-order chi connectivity index (χ0) is 14.7. The van der Waals surface area contributed by atoms with E-state index in [1.54, 1.807) is 0 Å². The fourth-order valence-corrected chi connectivity index (χ4v) is 2.65. The van der Waals surface area contributed by atoms with Crippen LogP contribution < -0.4 is 16.0 Å². The number of halogens is 1. The second-order valence-electron chi connectivity index (χ2n) is 5.15. The number of hydrogen-bond donors (Lipinski definition) is 2. The second-order valence-corrected chi connectivity index (χ2v) is 5.50. The molecule has 1 fully saturated rings. The molecule has 2 aromatic rings. The first-order valence-electron chi connectivity index (χ1n) is 7.12. The smallest absolute Gasteiger partial charge is 0.158 e. The van der Waals surface area contributed by atoms with Crippen molar-refractivity contribution >= 4 is 34.5 Å². The molecule has 3 rings (SSSR count). The molecule has 110 valence electrons. The van der Waals surface area contributed by atoms with Crippen LogP contribution >= 0.6 is 11.6 Å². The van der Waals surface area contributed by atoms with Gasteiger partial charge in [0.1, 0.15) is 12.0 Å². The van der Waals surface area contributed by atoms with Gasteiger partial charge in [-0.15, -0.1) is 0 Å². The van der Waals surface area contributed by atoms with E-state index in [1.807, 2.05) is 12.1 Å². The zero-order valence-corrected chi connectivity index (χ0v) is 12.5. The summed E-state index contributed by atoms with van der Waals surface area (Å²) in [6.07, 6.45) is 5.28. The highest BCUT2D eigenvalue weighted by Crippen LogP contribution is 2.27. The Bertz CT molecular complexity index is 608. The maximum atomic E-state index is 5.88. The molecule has 2 heterocycles. The monoisotopic (exact) mass is 303 g/mol. The van der Waals surface area contributed by atoms with Gasteiger partial charge in [0.15, 0.2) is 11.0 Å². The lowest BCUT2D eigenvalue weighted by atomic mass is 10.1. The van der Waals surface area contributed by atoms with E-state index >= 15 is 0 Å². The van der Waals surface area contributed by atoms with Gasteiger partial charge in [0.25, 0.3) is 0 Å². The van der Waals surface area contributed by atoms with E-state index in [0.717, 1.165) is 18.8 Å². The SMILES string of the molecule is Nc1c(Cl)ncnc1Nc1ccc(N2CCCCC2)cc1. The molecule has 5 nitrogen and oxygen atoms in total. The first kappa shape index (κ1) is 13.9. The summed E-state index contributed by atoms with van der Waals surface area (Å²) >= 11 is 5.88. The number of rotatable bonds is 3. The molecule has 0 amide bonds. The van der Waals surface area contributed by atoms with Crippen LogP contribution in [0.25, 0.3) is 0 Å². The summed E-state index contributed by atoms with van der Waals surface area (Å²) in [5.41, 5.74) is 8.40. The third-order valence-electron chi connectivity index (χ3n) is 3.69. The molecule has 0 aliphatic carbocycles. The number of hydrogen-bond acceptors (Lipinski definition) is 5. The van der Waals surface area contributed by atoms with Gasteiger partial charge in [-0.3, -0.25) is 0 Å². The topological polar surface area (TPSA) is 67.1 Å². The van der Waals surface area contributed by atoms with Gasteiger partial charge in [-0.25, -0.2) is 9.97 Å². The van der Waals surface area contributed by atoms with Gasteiger partial charge >= 0.3 is 0 Å². The maximum Gasteiger partial charge on any atom is 0.158 e. The average Bonchev–Trinajstić information content (AvgIpc) is 2.53. The van der Waals surface area contributed by atoms with Crippen molar-refractivity contribution in [3.05, 3.63) is 35.7 Å². The Kier molecular flexibility index (Phi) is 4.10. The molecule has 21 heavy (non-hydrogen) atoms. The maximum absolute atomic E-state index is 5.88. The van der Waals surface area contributed by atoms with Crippen LogP contribution in [0, 0.1) is 0 Å². The van der Waals surface area contributed by atoms with Crippen LogP contribution in [-0.2, 0) is 0 Å². The Morgan fingerprint density at radius 3 is 2.48 bits per heavy atom. The van der Waals surface area contributed by atoms with Gasteiger partial charge in [0.2, 0.25) is 0 Å². The number of nitrogens with one attached hydrogen (secondary N) is 1. The fourth-order valence-electron chi connectivity index (χ4n) is 2.52. The molecule has 1 aromatic heterocycles. The summed E-state index contributed by atoms with van der Waals surface area (Å²) in [6.45, 7) is 2.28. The van der Waals surface area contributed by atoms with E-state index in [0.29, 0.717) is 11.5 Å². The minimum absolute atomic E-state index is 0.262. The predicted molar refractivity (Wildman–Crippen MR) is 87.2 cm³/mol. The van der Waals surface area contributed by atoms with Gasteiger partial charge in [-0.1, -0.05) is 11.6 Å². The first-order chi connectivity index (χ1) is 10.2. The molecule has 1 saturated heterocycles. The van der Waals surface area contributed by atoms with Crippen LogP contribution in [-0.4, -0.2) is 23.1 Å². The van der Waals surface area contributed by atoms with Gasteiger partial charge in [-0.2, -0.15) is 0 Å². The van der Waals surface area contributed by atoms with Crippen molar-refractivity contribution in [1.29, 1.82) is 0 Å². The van der Waals surface area contributed by atoms with E-state index in [9.17, 15) is 0 Å². The van der Waals surface area contributed by atoms with Crippen molar-refractivity contribution in [1.82, 2.24) is 9.97 Å². The lowest BCUT2D eigenvalue weighted by Crippen LogP contribution is -2.29. The Hall–Kier alpha value is -2.01. The normalized spacial score (nSPS) is 15.0. The average molecular weight is 304 g/mol. The molecule has 1 aliphatic rings. The molecule has 0 saturated carbocycles. The summed E-state index contributed by atoms with van der Waals surface area (Å²) in [5.74, 6) is 0.528. The Labute approximate surface area is 129 Å².